The van der Waals surface area contributed by atoms with Crippen molar-refractivity contribution in [2.75, 3.05) is 13.2 Å². The molecule has 0 saturated heterocycles. The minimum atomic E-state index is 0.582. The molecule has 1 aliphatic carbocycles. The van der Waals surface area contributed by atoms with Crippen molar-refractivity contribution in [1.82, 2.24) is 5.32 Å². The Morgan fingerprint density at radius 1 is 1.35 bits per heavy atom. The molecule has 0 amide bonds. The maximum absolute atomic E-state index is 5.65. The maximum atomic E-state index is 5.65. The highest BCUT2D eigenvalue weighted by molar-refractivity contribution is 5.25. The third-order valence-electron chi connectivity index (χ3n) is 3.80. The van der Waals surface area contributed by atoms with Gasteiger partial charge >= 0.3 is 0 Å². The molecule has 0 heterocycles. The molecule has 1 aliphatic rings. The third-order valence-corrected chi connectivity index (χ3v) is 3.80. The first-order chi connectivity index (χ1) is 9.79. The highest BCUT2D eigenvalue weighted by Crippen LogP contribution is 2.21. The normalized spacial score (nSPS) is 16.1. The number of rotatable bonds is 10. The average Bonchev–Trinajstić information content (AvgIpc) is 3.29. The number of nitrogens with one attached hydrogen (secondary N) is 1. The SMILES string of the molecule is C=CCCCOCc1ccc(C(C)CNC2CC2)cc1. The number of benzene rings is 1. The second-order valence-corrected chi connectivity index (χ2v) is 5.81. The van der Waals surface area contributed by atoms with Crippen LogP contribution >= 0.6 is 0 Å². The molecule has 1 fully saturated rings. The van der Waals surface area contributed by atoms with Gasteiger partial charge in [0.05, 0.1) is 6.61 Å². The Morgan fingerprint density at radius 3 is 2.75 bits per heavy atom. The van der Waals surface area contributed by atoms with Gasteiger partial charge in [-0.15, -0.1) is 6.58 Å². The van der Waals surface area contributed by atoms with Crippen LogP contribution in [0.15, 0.2) is 36.9 Å². The van der Waals surface area contributed by atoms with Crippen molar-refractivity contribution in [3.63, 3.8) is 0 Å². The molecule has 2 heteroatoms. The van der Waals surface area contributed by atoms with Crippen LogP contribution in [0.5, 0.6) is 0 Å². The minimum Gasteiger partial charge on any atom is -0.377 e. The van der Waals surface area contributed by atoms with Crippen LogP contribution in [0.1, 0.15) is 49.7 Å². The zero-order chi connectivity index (χ0) is 14.2. The van der Waals surface area contributed by atoms with Crippen LogP contribution in [0, 0.1) is 0 Å². The Balaban J connectivity index is 1.69. The Bertz CT molecular complexity index is 394. The van der Waals surface area contributed by atoms with Crippen LogP contribution < -0.4 is 5.32 Å². The summed E-state index contributed by atoms with van der Waals surface area (Å²) in [6.45, 7) is 8.61. The lowest BCUT2D eigenvalue weighted by Crippen LogP contribution is -2.21. The van der Waals surface area contributed by atoms with Gasteiger partial charge in [0.2, 0.25) is 0 Å². The fourth-order valence-electron chi connectivity index (χ4n) is 2.21. The van der Waals surface area contributed by atoms with E-state index in [0.29, 0.717) is 12.5 Å². The maximum Gasteiger partial charge on any atom is 0.0716 e. The van der Waals surface area contributed by atoms with Crippen molar-refractivity contribution in [3.8, 4) is 0 Å². The lowest BCUT2D eigenvalue weighted by molar-refractivity contribution is 0.119. The molecule has 0 radical (unpaired) electrons. The fraction of sp³-hybridized carbons (Fsp3) is 0.556. The van der Waals surface area contributed by atoms with Gasteiger partial charge in [0.25, 0.3) is 0 Å². The molecule has 1 atom stereocenters. The molecule has 0 bridgehead atoms. The summed E-state index contributed by atoms with van der Waals surface area (Å²) in [5, 5.41) is 3.59. The second-order valence-electron chi connectivity index (χ2n) is 5.81. The Hall–Kier alpha value is -1.12. The first-order valence-corrected chi connectivity index (χ1v) is 7.80. The summed E-state index contributed by atoms with van der Waals surface area (Å²) in [6.07, 6.45) is 6.74. The molecule has 0 aliphatic heterocycles. The molecule has 0 spiro atoms. The van der Waals surface area contributed by atoms with Crippen molar-refractivity contribution in [1.29, 1.82) is 0 Å². The topological polar surface area (TPSA) is 21.3 Å². The summed E-state index contributed by atoms with van der Waals surface area (Å²) >= 11 is 0. The molecule has 1 aromatic rings. The minimum absolute atomic E-state index is 0.582. The van der Waals surface area contributed by atoms with Gasteiger partial charge in [-0.1, -0.05) is 37.3 Å². The first kappa shape index (κ1) is 15.3. The number of unbranched alkanes of at least 4 members (excludes halogenated alkanes) is 1. The van der Waals surface area contributed by atoms with Crippen LogP contribution in [0.25, 0.3) is 0 Å². The van der Waals surface area contributed by atoms with Crippen molar-refractivity contribution >= 4 is 0 Å². The first-order valence-electron chi connectivity index (χ1n) is 7.80. The summed E-state index contributed by atoms with van der Waals surface area (Å²) in [4.78, 5) is 0. The fourth-order valence-corrected chi connectivity index (χ4v) is 2.21. The smallest absolute Gasteiger partial charge is 0.0716 e. The van der Waals surface area contributed by atoms with Gasteiger partial charge in [-0.2, -0.15) is 0 Å². The van der Waals surface area contributed by atoms with Gasteiger partial charge in [-0.05, 0) is 42.7 Å². The lowest BCUT2D eigenvalue weighted by atomic mass is 10.00. The lowest BCUT2D eigenvalue weighted by Gasteiger charge is -2.13. The average molecular weight is 273 g/mol. The Kier molecular flexibility index (Phi) is 6.28. The van der Waals surface area contributed by atoms with E-state index in [1.54, 1.807) is 0 Å². The molecular formula is C18H27NO. The highest BCUT2D eigenvalue weighted by atomic mass is 16.5. The highest BCUT2D eigenvalue weighted by Gasteiger charge is 2.21. The van der Waals surface area contributed by atoms with Crippen LogP contribution in [0.3, 0.4) is 0 Å². The number of hydrogen-bond acceptors (Lipinski definition) is 2. The molecular weight excluding hydrogens is 246 g/mol. The van der Waals surface area contributed by atoms with Crippen LogP contribution in [-0.2, 0) is 11.3 Å². The zero-order valence-corrected chi connectivity index (χ0v) is 12.6. The van der Waals surface area contributed by atoms with Gasteiger partial charge in [0.15, 0.2) is 0 Å². The molecule has 1 saturated carbocycles. The van der Waals surface area contributed by atoms with Gasteiger partial charge in [-0.3, -0.25) is 0 Å². The van der Waals surface area contributed by atoms with E-state index in [1.807, 2.05) is 6.08 Å². The molecule has 2 rings (SSSR count). The van der Waals surface area contributed by atoms with E-state index in [9.17, 15) is 0 Å². The van der Waals surface area contributed by atoms with E-state index in [1.165, 1.54) is 24.0 Å². The predicted octanol–water partition coefficient (Wildman–Crippen LogP) is 4.02. The summed E-state index contributed by atoms with van der Waals surface area (Å²) in [7, 11) is 0. The van der Waals surface area contributed by atoms with Crippen molar-refractivity contribution < 1.29 is 4.74 Å². The largest absolute Gasteiger partial charge is 0.377 e. The van der Waals surface area contributed by atoms with Crippen LogP contribution in [-0.4, -0.2) is 19.2 Å². The van der Waals surface area contributed by atoms with E-state index in [4.69, 9.17) is 4.74 Å². The third kappa shape index (κ3) is 5.48. The van der Waals surface area contributed by atoms with E-state index in [2.05, 4.69) is 43.1 Å². The van der Waals surface area contributed by atoms with E-state index in [0.717, 1.165) is 32.0 Å². The summed E-state index contributed by atoms with van der Waals surface area (Å²) in [6, 6.07) is 9.65. The van der Waals surface area contributed by atoms with Crippen LogP contribution in [0.4, 0.5) is 0 Å². The second kappa shape index (κ2) is 8.23. The number of hydrogen-bond donors (Lipinski definition) is 1. The molecule has 0 aromatic heterocycles. The summed E-state index contributed by atoms with van der Waals surface area (Å²) < 4.78 is 5.65. The molecule has 20 heavy (non-hydrogen) atoms. The van der Waals surface area contributed by atoms with Gasteiger partial charge in [-0.25, -0.2) is 0 Å². The van der Waals surface area contributed by atoms with Crippen molar-refractivity contribution in [2.45, 2.75) is 51.2 Å². The van der Waals surface area contributed by atoms with Gasteiger partial charge in [0, 0.05) is 19.2 Å². The van der Waals surface area contributed by atoms with Gasteiger partial charge in [0.1, 0.15) is 0 Å². The quantitative estimate of drug-likeness (QED) is 0.513. The molecule has 1 aromatic carbocycles. The van der Waals surface area contributed by atoms with Gasteiger partial charge < -0.3 is 10.1 Å². The summed E-state index contributed by atoms with van der Waals surface area (Å²) in [5.74, 6) is 0.582. The Labute approximate surface area is 123 Å². The standard InChI is InChI=1S/C18H27NO/c1-3-4-5-12-20-14-16-6-8-17(9-7-16)15(2)13-19-18-10-11-18/h3,6-9,15,18-19H,1,4-5,10-14H2,2H3. The van der Waals surface area contributed by atoms with Crippen molar-refractivity contribution in [3.05, 3.63) is 48.0 Å². The Morgan fingerprint density at radius 2 is 2.10 bits per heavy atom. The summed E-state index contributed by atoms with van der Waals surface area (Å²) in [5.41, 5.74) is 2.67. The zero-order valence-electron chi connectivity index (χ0n) is 12.6. The van der Waals surface area contributed by atoms with E-state index in [-0.39, 0.29) is 0 Å². The molecule has 110 valence electrons. The van der Waals surface area contributed by atoms with Crippen molar-refractivity contribution in [2.24, 2.45) is 0 Å². The van der Waals surface area contributed by atoms with E-state index < -0.39 is 0 Å². The number of allylic oxidation sites excluding steroid dienone is 1. The van der Waals surface area contributed by atoms with Crippen LogP contribution in [0.2, 0.25) is 0 Å². The molecule has 1 unspecified atom stereocenters. The van der Waals surface area contributed by atoms with E-state index >= 15 is 0 Å². The predicted molar refractivity (Wildman–Crippen MR) is 85.0 cm³/mol. The number of ether oxygens (including phenoxy) is 1. The molecule has 1 N–H and O–H groups in total. The monoisotopic (exact) mass is 273 g/mol. The molecule has 2 nitrogen and oxygen atoms in total.